The van der Waals surface area contributed by atoms with Gasteiger partial charge in [-0.15, -0.1) is 0 Å². The molecule has 5 heteroatoms. The van der Waals surface area contributed by atoms with E-state index in [-0.39, 0.29) is 12.1 Å². The summed E-state index contributed by atoms with van der Waals surface area (Å²) in [7, 11) is 3.41. The maximum Gasteiger partial charge on any atom is 0.126 e. The van der Waals surface area contributed by atoms with Gasteiger partial charge in [-0.1, -0.05) is 12.1 Å². The fourth-order valence-electron chi connectivity index (χ4n) is 3.37. The molecule has 0 aliphatic heterocycles. The van der Waals surface area contributed by atoms with Crippen LogP contribution in [0, 0.1) is 6.92 Å². The van der Waals surface area contributed by atoms with Crippen LogP contribution in [0.25, 0.3) is 0 Å². The highest BCUT2D eigenvalue weighted by Crippen LogP contribution is 2.27. The molecule has 0 saturated heterocycles. The number of benzene rings is 1. The minimum absolute atomic E-state index is 0.0823. The zero-order valence-corrected chi connectivity index (χ0v) is 15.1. The van der Waals surface area contributed by atoms with Crippen molar-refractivity contribution < 1.29 is 19.3 Å². The zero-order valence-electron chi connectivity index (χ0n) is 15.1. The smallest absolute Gasteiger partial charge is 0.126 e. The van der Waals surface area contributed by atoms with E-state index in [0.717, 1.165) is 43.7 Å². The van der Waals surface area contributed by atoms with Gasteiger partial charge in [0, 0.05) is 33.4 Å². The Labute approximate surface area is 145 Å². The molecule has 0 amide bonds. The maximum atomic E-state index is 10.9. The van der Waals surface area contributed by atoms with Gasteiger partial charge in [-0.05, 0) is 43.9 Å². The number of ether oxygens (including phenoxy) is 3. The number of nitrogens with zero attached hydrogens (tertiary/aromatic N) is 1. The second kappa shape index (κ2) is 9.99. The fraction of sp³-hybridized carbons (Fsp3) is 0.684. The second-order valence-corrected chi connectivity index (χ2v) is 6.48. The summed E-state index contributed by atoms with van der Waals surface area (Å²) in [5.74, 6) is 0.833. The van der Waals surface area contributed by atoms with Crippen LogP contribution in [0.1, 0.15) is 24.8 Å². The van der Waals surface area contributed by atoms with E-state index in [0.29, 0.717) is 13.2 Å². The van der Waals surface area contributed by atoms with E-state index in [4.69, 9.17) is 14.2 Å². The van der Waals surface area contributed by atoms with Crippen molar-refractivity contribution in [1.82, 2.24) is 4.90 Å². The van der Waals surface area contributed by atoms with Crippen LogP contribution in [0.5, 0.6) is 5.75 Å². The summed E-state index contributed by atoms with van der Waals surface area (Å²) >= 11 is 0. The van der Waals surface area contributed by atoms with Crippen molar-refractivity contribution >= 4 is 0 Å². The van der Waals surface area contributed by atoms with Gasteiger partial charge in [-0.2, -0.15) is 0 Å². The first-order valence-electron chi connectivity index (χ1n) is 8.79. The van der Waals surface area contributed by atoms with Crippen LogP contribution >= 0.6 is 0 Å². The first-order chi connectivity index (χ1) is 11.7. The Bertz CT molecular complexity index is 474. The minimum Gasteiger partial charge on any atom is -0.488 e. The molecule has 1 saturated carbocycles. The highest BCUT2D eigenvalue weighted by atomic mass is 16.5. The maximum absolute atomic E-state index is 10.9. The van der Waals surface area contributed by atoms with Gasteiger partial charge in [-0.25, -0.2) is 0 Å². The molecule has 1 N–H and O–H groups in total. The third-order valence-corrected chi connectivity index (χ3v) is 4.67. The molecule has 24 heavy (non-hydrogen) atoms. The summed E-state index contributed by atoms with van der Waals surface area (Å²) < 4.78 is 16.5. The summed E-state index contributed by atoms with van der Waals surface area (Å²) in [6, 6.07) is 8.09. The van der Waals surface area contributed by atoms with E-state index in [9.17, 15) is 5.11 Å². The van der Waals surface area contributed by atoms with Crippen molar-refractivity contribution in [2.75, 3.05) is 40.5 Å². The van der Waals surface area contributed by atoms with Crippen molar-refractivity contribution in [2.24, 2.45) is 0 Å². The summed E-state index contributed by atoms with van der Waals surface area (Å²) in [5.41, 5.74) is 1.16. The van der Waals surface area contributed by atoms with Crippen LogP contribution in [-0.2, 0) is 9.47 Å². The molecular weight excluding hydrogens is 306 g/mol. The second-order valence-electron chi connectivity index (χ2n) is 6.48. The monoisotopic (exact) mass is 337 g/mol. The molecule has 3 atom stereocenters. The average molecular weight is 337 g/mol. The van der Waals surface area contributed by atoms with E-state index in [1.54, 1.807) is 14.2 Å². The SMILES string of the molecule is COCCN(CCOC)[C@H]1CCC[C@@H](Oc2cccc(C)c2)[C@@H]1O. The van der Waals surface area contributed by atoms with E-state index in [1.807, 2.05) is 31.2 Å². The topological polar surface area (TPSA) is 51.2 Å². The Morgan fingerprint density at radius 3 is 2.46 bits per heavy atom. The van der Waals surface area contributed by atoms with Gasteiger partial charge < -0.3 is 19.3 Å². The molecule has 1 aromatic rings. The van der Waals surface area contributed by atoms with Crippen molar-refractivity contribution in [3.63, 3.8) is 0 Å². The molecule has 0 bridgehead atoms. The molecule has 5 nitrogen and oxygen atoms in total. The van der Waals surface area contributed by atoms with Crippen LogP contribution in [0.2, 0.25) is 0 Å². The third-order valence-electron chi connectivity index (χ3n) is 4.67. The number of aliphatic hydroxyl groups excluding tert-OH is 1. The summed E-state index contributed by atoms with van der Waals surface area (Å²) in [6.45, 7) is 4.92. The van der Waals surface area contributed by atoms with Gasteiger partial charge in [0.1, 0.15) is 18.0 Å². The largest absolute Gasteiger partial charge is 0.488 e. The van der Waals surface area contributed by atoms with Gasteiger partial charge in [0.25, 0.3) is 0 Å². The van der Waals surface area contributed by atoms with Crippen LogP contribution in [-0.4, -0.2) is 68.8 Å². The minimum atomic E-state index is -0.507. The van der Waals surface area contributed by atoms with Gasteiger partial charge in [0.05, 0.1) is 13.2 Å². The number of aryl methyl sites for hydroxylation is 1. The molecule has 1 fully saturated rings. The standard InChI is InChI=1S/C19H31NO4/c1-15-6-4-7-16(14-15)24-18-9-5-8-17(19(18)21)20(10-12-22-2)11-13-23-3/h4,6-7,14,17-19,21H,5,8-13H2,1-3H3/t17-,18+,19+/m0/s1. The molecule has 0 aromatic heterocycles. The molecule has 1 aromatic carbocycles. The summed E-state index contributed by atoms with van der Waals surface area (Å²) in [4.78, 5) is 2.27. The fourth-order valence-corrected chi connectivity index (χ4v) is 3.37. The highest BCUT2D eigenvalue weighted by Gasteiger charge is 2.36. The predicted octanol–water partition coefficient (Wildman–Crippen LogP) is 2.25. The molecule has 0 radical (unpaired) electrons. The molecule has 2 rings (SSSR count). The van der Waals surface area contributed by atoms with Gasteiger partial charge in [-0.3, -0.25) is 4.90 Å². The number of methoxy groups -OCH3 is 2. The van der Waals surface area contributed by atoms with Crippen LogP contribution in [0.3, 0.4) is 0 Å². The van der Waals surface area contributed by atoms with E-state index in [1.165, 1.54) is 0 Å². The van der Waals surface area contributed by atoms with Crippen molar-refractivity contribution in [1.29, 1.82) is 0 Å². The number of rotatable bonds is 9. The lowest BCUT2D eigenvalue weighted by Crippen LogP contribution is -2.54. The quantitative estimate of drug-likeness (QED) is 0.749. The van der Waals surface area contributed by atoms with E-state index in [2.05, 4.69) is 4.90 Å². The first-order valence-corrected chi connectivity index (χ1v) is 8.79. The molecule has 0 heterocycles. The Morgan fingerprint density at radius 2 is 1.83 bits per heavy atom. The predicted molar refractivity (Wildman–Crippen MR) is 94.6 cm³/mol. The summed E-state index contributed by atoms with van der Waals surface area (Å²) in [5, 5.41) is 10.9. The lowest BCUT2D eigenvalue weighted by molar-refractivity contribution is -0.0612. The molecule has 0 spiro atoms. The van der Waals surface area contributed by atoms with Crippen LogP contribution < -0.4 is 4.74 Å². The van der Waals surface area contributed by atoms with Gasteiger partial charge in [0.2, 0.25) is 0 Å². The molecule has 136 valence electrons. The van der Waals surface area contributed by atoms with E-state index >= 15 is 0 Å². The average Bonchev–Trinajstić information content (AvgIpc) is 2.57. The lowest BCUT2D eigenvalue weighted by atomic mass is 9.88. The Hall–Kier alpha value is -1.14. The molecule has 1 aliphatic rings. The normalized spacial score (nSPS) is 24.3. The lowest BCUT2D eigenvalue weighted by Gasteiger charge is -2.41. The number of hydrogen-bond donors (Lipinski definition) is 1. The van der Waals surface area contributed by atoms with Gasteiger partial charge >= 0.3 is 0 Å². The van der Waals surface area contributed by atoms with Crippen LogP contribution in [0.4, 0.5) is 0 Å². The van der Waals surface area contributed by atoms with E-state index < -0.39 is 6.10 Å². The van der Waals surface area contributed by atoms with Gasteiger partial charge in [0.15, 0.2) is 0 Å². The summed E-state index contributed by atoms with van der Waals surface area (Å²) in [6.07, 6.45) is 2.23. The number of aliphatic hydroxyl groups is 1. The zero-order chi connectivity index (χ0) is 17.4. The van der Waals surface area contributed by atoms with Crippen molar-refractivity contribution in [2.45, 2.75) is 44.4 Å². The molecule has 0 unspecified atom stereocenters. The van der Waals surface area contributed by atoms with Crippen molar-refractivity contribution in [3.05, 3.63) is 29.8 Å². The Balaban J connectivity index is 2.01. The first kappa shape index (κ1) is 19.2. The highest BCUT2D eigenvalue weighted by molar-refractivity contribution is 5.27. The number of hydrogen-bond acceptors (Lipinski definition) is 5. The van der Waals surface area contributed by atoms with Crippen molar-refractivity contribution in [3.8, 4) is 5.75 Å². The Kier molecular flexibility index (Phi) is 7.99. The third kappa shape index (κ3) is 5.45. The Morgan fingerprint density at radius 1 is 1.12 bits per heavy atom. The molecular formula is C19H31NO4. The molecule has 1 aliphatic carbocycles. The van der Waals surface area contributed by atoms with Crippen LogP contribution in [0.15, 0.2) is 24.3 Å².